The molecule has 10 heteroatoms. The minimum absolute atomic E-state index is 0.140. The van der Waals surface area contributed by atoms with Crippen LogP contribution < -0.4 is 10.1 Å². The smallest absolute Gasteiger partial charge is 0.234 e. The van der Waals surface area contributed by atoms with Crippen LogP contribution in [0, 0.1) is 0 Å². The number of nitrogens with one attached hydrogen (secondary N) is 1. The molecule has 3 heterocycles. The Kier molecular flexibility index (Phi) is 5.47. The van der Waals surface area contributed by atoms with Crippen LogP contribution in [0.25, 0.3) is 16.2 Å². The van der Waals surface area contributed by atoms with E-state index in [2.05, 4.69) is 20.6 Å². The number of carbonyl (C=O) groups excluding carboxylic acids is 1. The first-order chi connectivity index (χ1) is 13.6. The summed E-state index contributed by atoms with van der Waals surface area (Å²) in [7, 11) is 1.53. The summed E-state index contributed by atoms with van der Waals surface area (Å²) in [6, 6.07) is 12.8. The van der Waals surface area contributed by atoms with Gasteiger partial charge in [0.05, 0.1) is 23.4 Å². The maximum atomic E-state index is 12.4. The first-order valence-electron chi connectivity index (χ1n) is 8.16. The molecule has 28 heavy (non-hydrogen) atoms. The van der Waals surface area contributed by atoms with Gasteiger partial charge in [0, 0.05) is 5.02 Å². The second kappa shape index (κ2) is 8.17. The molecule has 4 aromatic rings. The molecule has 3 aromatic heterocycles. The Bertz CT molecular complexity index is 1130. The third-order valence-electron chi connectivity index (χ3n) is 3.78. The number of amides is 1. The van der Waals surface area contributed by atoms with Crippen molar-refractivity contribution in [2.24, 2.45) is 0 Å². The first-order valence-corrected chi connectivity index (χ1v) is 10.4. The predicted molar refractivity (Wildman–Crippen MR) is 111 cm³/mol. The SMILES string of the molecule is COc1ccc(Cl)cc1NC(=O)CSc1nnc2ccc(-c3cccs3)nn12. The van der Waals surface area contributed by atoms with E-state index in [0.717, 1.165) is 10.6 Å². The van der Waals surface area contributed by atoms with Crippen LogP contribution in [0.5, 0.6) is 5.75 Å². The summed E-state index contributed by atoms with van der Waals surface area (Å²) in [5.74, 6) is 0.469. The largest absolute Gasteiger partial charge is 0.495 e. The molecule has 0 aliphatic rings. The van der Waals surface area contributed by atoms with Crippen molar-refractivity contribution in [1.82, 2.24) is 19.8 Å². The minimum atomic E-state index is -0.211. The fourth-order valence-electron chi connectivity index (χ4n) is 2.51. The zero-order chi connectivity index (χ0) is 19.5. The third-order valence-corrected chi connectivity index (χ3v) is 5.82. The van der Waals surface area contributed by atoms with Gasteiger partial charge in [-0.1, -0.05) is 29.4 Å². The van der Waals surface area contributed by atoms with E-state index >= 15 is 0 Å². The fourth-order valence-corrected chi connectivity index (χ4v) is 4.06. The molecule has 4 rings (SSSR count). The number of rotatable bonds is 6. The molecule has 0 radical (unpaired) electrons. The van der Waals surface area contributed by atoms with E-state index in [1.165, 1.54) is 18.9 Å². The quantitative estimate of drug-likeness (QED) is 0.460. The standard InChI is InChI=1S/C18H14ClN5O2S2/c1-26-14-6-4-11(19)9-13(14)20-17(25)10-28-18-22-21-16-7-5-12(23-24(16)18)15-3-2-8-27-15/h2-9H,10H2,1H3,(H,20,25). The zero-order valence-electron chi connectivity index (χ0n) is 14.6. The zero-order valence-corrected chi connectivity index (χ0v) is 17.0. The van der Waals surface area contributed by atoms with Gasteiger partial charge in [-0.2, -0.15) is 9.61 Å². The number of carbonyl (C=O) groups is 1. The second-order valence-corrected chi connectivity index (χ2v) is 7.96. The number of halogens is 1. The highest BCUT2D eigenvalue weighted by molar-refractivity contribution is 7.99. The summed E-state index contributed by atoms with van der Waals surface area (Å²) in [6.07, 6.45) is 0. The number of anilines is 1. The number of ether oxygens (including phenoxy) is 1. The molecule has 0 aliphatic carbocycles. The number of nitrogens with zero attached hydrogens (tertiary/aromatic N) is 4. The number of thioether (sulfide) groups is 1. The molecule has 1 amide bonds. The molecule has 0 saturated heterocycles. The summed E-state index contributed by atoms with van der Waals surface area (Å²) < 4.78 is 6.89. The Hall–Kier alpha value is -2.62. The summed E-state index contributed by atoms with van der Waals surface area (Å²) in [4.78, 5) is 13.4. The first kappa shape index (κ1) is 18.7. The average molecular weight is 432 g/mol. The summed E-state index contributed by atoms with van der Waals surface area (Å²) in [5, 5.41) is 18.7. The molecule has 0 saturated carbocycles. The lowest BCUT2D eigenvalue weighted by Gasteiger charge is -2.10. The topological polar surface area (TPSA) is 81.4 Å². The van der Waals surface area contributed by atoms with Gasteiger partial charge in [0.15, 0.2) is 5.65 Å². The van der Waals surface area contributed by atoms with Crippen LogP contribution in [-0.2, 0) is 4.79 Å². The van der Waals surface area contributed by atoms with Gasteiger partial charge in [-0.05, 0) is 41.8 Å². The Morgan fingerprint density at radius 2 is 2.18 bits per heavy atom. The molecule has 0 aliphatic heterocycles. The molecule has 0 bridgehead atoms. The van der Waals surface area contributed by atoms with Crippen LogP contribution in [-0.4, -0.2) is 38.6 Å². The minimum Gasteiger partial charge on any atom is -0.495 e. The van der Waals surface area contributed by atoms with E-state index in [4.69, 9.17) is 16.3 Å². The van der Waals surface area contributed by atoms with Crippen LogP contribution in [0.4, 0.5) is 5.69 Å². The maximum absolute atomic E-state index is 12.4. The monoisotopic (exact) mass is 431 g/mol. The van der Waals surface area contributed by atoms with Crippen molar-refractivity contribution in [2.45, 2.75) is 5.16 Å². The summed E-state index contributed by atoms with van der Waals surface area (Å²) in [5.41, 5.74) is 1.97. The predicted octanol–water partition coefficient (Wildman–Crippen LogP) is 4.25. The van der Waals surface area contributed by atoms with Gasteiger partial charge in [-0.25, -0.2) is 0 Å². The van der Waals surface area contributed by atoms with Gasteiger partial charge in [0.2, 0.25) is 11.1 Å². The number of fused-ring (bicyclic) bond motifs is 1. The van der Waals surface area contributed by atoms with E-state index in [0.29, 0.717) is 27.3 Å². The van der Waals surface area contributed by atoms with Crippen molar-refractivity contribution in [3.63, 3.8) is 0 Å². The van der Waals surface area contributed by atoms with Gasteiger partial charge in [-0.3, -0.25) is 4.79 Å². The van der Waals surface area contributed by atoms with Gasteiger partial charge >= 0.3 is 0 Å². The molecule has 1 aromatic carbocycles. The van der Waals surface area contributed by atoms with E-state index < -0.39 is 0 Å². The molecule has 0 atom stereocenters. The molecule has 1 N–H and O–H groups in total. The summed E-state index contributed by atoms with van der Waals surface area (Å²) >= 11 is 8.86. The number of hydrogen-bond donors (Lipinski definition) is 1. The average Bonchev–Trinajstić information content (AvgIpc) is 3.36. The maximum Gasteiger partial charge on any atom is 0.234 e. The lowest BCUT2D eigenvalue weighted by Crippen LogP contribution is -2.15. The van der Waals surface area contributed by atoms with Crippen molar-refractivity contribution in [3.8, 4) is 16.3 Å². The Morgan fingerprint density at radius 3 is 2.96 bits per heavy atom. The molecule has 0 spiro atoms. The number of hydrogen-bond acceptors (Lipinski definition) is 7. The normalized spacial score (nSPS) is 10.9. The van der Waals surface area contributed by atoms with E-state index in [9.17, 15) is 4.79 Å². The summed E-state index contributed by atoms with van der Waals surface area (Å²) in [6.45, 7) is 0. The molecule has 0 fully saturated rings. The van der Waals surface area contributed by atoms with Crippen molar-refractivity contribution in [3.05, 3.63) is 52.9 Å². The van der Waals surface area contributed by atoms with Gasteiger partial charge in [0.1, 0.15) is 11.4 Å². The van der Waals surface area contributed by atoms with Gasteiger partial charge < -0.3 is 10.1 Å². The van der Waals surface area contributed by atoms with E-state index in [-0.39, 0.29) is 11.7 Å². The van der Waals surface area contributed by atoms with E-state index in [1.807, 2.05) is 29.6 Å². The molecular formula is C18H14ClN5O2S2. The van der Waals surface area contributed by atoms with Crippen molar-refractivity contribution in [1.29, 1.82) is 0 Å². The van der Waals surface area contributed by atoms with E-state index in [1.54, 1.807) is 34.1 Å². The van der Waals surface area contributed by atoms with Crippen molar-refractivity contribution in [2.75, 3.05) is 18.2 Å². The molecule has 142 valence electrons. The lowest BCUT2D eigenvalue weighted by atomic mass is 10.3. The van der Waals surface area contributed by atoms with Gasteiger partial charge in [0.25, 0.3) is 0 Å². The second-order valence-electron chi connectivity index (χ2n) is 5.63. The Labute approximate surface area is 173 Å². The molecule has 0 unspecified atom stereocenters. The third kappa shape index (κ3) is 3.96. The number of benzene rings is 1. The number of thiophene rings is 1. The van der Waals surface area contributed by atoms with Crippen LogP contribution in [0.1, 0.15) is 0 Å². The van der Waals surface area contributed by atoms with Crippen LogP contribution >= 0.6 is 34.7 Å². The fraction of sp³-hybridized carbons (Fsp3) is 0.111. The highest BCUT2D eigenvalue weighted by atomic mass is 35.5. The van der Waals surface area contributed by atoms with Gasteiger partial charge in [-0.15, -0.1) is 21.5 Å². The molecule has 7 nitrogen and oxygen atoms in total. The van der Waals surface area contributed by atoms with Crippen LogP contribution in [0.15, 0.2) is 53.0 Å². The molecular weight excluding hydrogens is 418 g/mol. The number of methoxy groups -OCH3 is 1. The van der Waals surface area contributed by atoms with Crippen molar-refractivity contribution < 1.29 is 9.53 Å². The number of aromatic nitrogens is 4. The van der Waals surface area contributed by atoms with Crippen LogP contribution in [0.2, 0.25) is 5.02 Å². The Morgan fingerprint density at radius 1 is 1.29 bits per heavy atom. The van der Waals surface area contributed by atoms with Crippen molar-refractivity contribution >= 4 is 51.9 Å². The highest BCUT2D eigenvalue weighted by Crippen LogP contribution is 2.28. The lowest BCUT2D eigenvalue weighted by molar-refractivity contribution is -0.113. The highest BCUT2D eigenvalue weighted by Gasteiger charge is 2.13. The van der Waals surface area contributed by atoms with Crippen LogP contribution in [0.3, 0.4) is 0 Å². The Balaban J connectivity index is 1.49.